The van der Waals surface area contributed by atoms with Gasteiger partial charge in [-0.25, -0.2) is 4.79 Å². The summed E-state index contributed by atoms with van der Waals surface area (Å²) >= 11 is 12.8. The van der Waals surface area contributed by atoms with Gasteiger partial charge < -0.3 is 15.8 Å². The number of nitrogens with one attached hydrogen (secondary N) is 1. The lowest BCUT2D eigenvalue weighted by Gasteiger charge is -2.47. The number of nitrogens with two attached hydrogens (primary N) is 1. The fourth-order valence-electron chi connectivity index (χ4n) is 5.62. The minimum atomic E-state index is -1.80. The van der Waals surface area contributed by atoms with Crippen molar-refractivity contribution < 1.29 is 19.1 Å². The lowest BCUT2D eigenvalue weighted by Crippen LogP contribution is -2.54. The normalized spacial score (nSPS) is 22.6. The number of rotatable bonds is 2. The first kappa shape index (κ1) is 24.4. The third-order valence-electron chi connectivity index (χ3n) is 7.15. The SMILES string of the molecule is COC(=O)C1=C(N)N(c2ccc(C)c(Cl)c2)C2=C(C(=O)CC(C)(C)C2)C12C(=O)Nc1ccc(Cl)cc12. The summed E-state index contributed by atoms with van der Waals surface area (Å²) in [7, 11) is 1.21. The van der Waals surface area contributed by atoms with Crippen molar-refractivity contribution in [2.45, 2.75) is 39.0 Å². The van der Waals surface area contributed by atoms with Crippen LogP contribution >= 0.6 is 23.2 Å². The molecule has 0 saturated carbocycles. The van der Waals surface area contributed by atoms with Gasteiger partial charge in [-0.3, -0.25) is 14.5 Å². The van der Waals surface area contributed by atoms with Crippen molar-refractivity contribution in [1.82, 2.24) is 0 Å². The average Bonchev–Trinajstić information content (AvgIpc) is 3.06. The van der Waals surface area contributed by atoms with Crippen LogP contribution in [0.15, 0.2) is 59.1 Å². The minimum Gasteiger partial charge on any atom is -0.466 e. The number of nitrogens with zero attached hydrogens (tertiary/aromatic N) is 1. The molecule has 5 rings (SSSR count). The number of halogens is 2. The topological polar surface area (TPSA) is 102 Å². The number of carbonyl (C=O) groups excluding carboxylic acids is 3. The lowest BCUT2D eigenvalue weighted by molar-refractivity contribution is -0.138. The van der Waals surface area contributed by atoms with E-state index in [-0.39, 0.29) is 29.2 Å². The van der Waals surface area contributed by atoms with E-state index in [0.29, 0.717) is 39.1 Å². The van der Waals surface area contributed by atoms with Gasteiger partial charge in [0.25, 0.3) is 0 Å². The molecule has 3 aliphatic rings. The largest absolute Gasteiger partial charge is 0.466 e. The molecule has 7 nitrogen and oxygen atoms in total. The monoisotopic (exact) mass is 525 g/mol. The van der Waals surface area contributed by atoms with Gasteiger partial charge in [0, 0.05) is 44.7 Å². The second kappa shape index (κ2) is 8.11. The van der Waals surface area contributed by atoms with Crippen LogP contribution in [0.25, 0.3) is 0 Å². The molecule has 1 atom stereocenters. The Morgan fingerprint density at radius 3 is 2.50 bits per heavy atom. The molecular formula is C27H25Cl2N3O4. The molecule has 0 aromatic heterocycles. The molecule has 36 heavy (non-hydrogen) atoms. The Bertz CT molecular complexity index is 1440. The van der Waals surface area contributed by atoms with Crippen LogP contribution < -0.4 is 16.0 Å². The number of anilines is 2. The number of allylic oxidation sites excluding steroid dienone is 1. The first-order valence-corrected chi connectivity index (χ1v) is 12.2. The first-order chi connectivity index (χ1) is 16.9. The van der Waals surface area contributed by atoms with E-state index >= 15 is 0 Å². The van der Waals surface area contributed by atoms with Crippen LogP contribution in [0.3, 0.4) is 0 Å². The molecule has 3 N–H and O–H groups in total. The van der Waals surface area contributed by atoms with Crippen LogP contribution in [-0.2, 0) is 24.5 Å². The second-order valence-electron chi connectivity index (χ2n) is 10.2. The van der Waals surface area contributed by atoms with E-state index in [9.17, 15) is 14.4 Å². The number of fused-ring (bicyclic) bond motifs is 3. The second-order valence-corrected chi connectivity index (χ2v) is 11.0. The maximum absolute atomic E-state index is 14.0. The zero-order chi connectivity index (χ0) is 26.2. The molecule has 2 heterocycles. The van der Waals surface area contributed by atoms with Gasteiger partial charge in [0.1, 0.15) is 16.8 Å². The van der Waals surface area contributed by atoms with Crippen molar-refractivity contribution in [1.29, 1.82) is 0 Å². The van der Waals surface area contributed by atoms with Crippen LogP contribution in [0.1, 0.15) is 37.8 Å². The molecule has 9 heteroatoms. The van der Waals surface area contributed by atoms with Crippen LogP contribution in [0.2, 0.25) is 10.0 Å². The van der Waals surface area contributed by atoms with Gasteiger partial charge in [0.2, 0.25) is 5.91 Å². The van der Waals surface area contributed by atoms with Crippen molar-refractivity contribution in [3.63, 3.8) is 0 Å². The maximum atomic E-state index is 14.0. The third-order valence-corrected chi connectivity index (χ3v) is 7.79. The van der Waals surface area contributed by atoms with E-state index in [1.54, 1.807) is 29.2 Å². The van der Waals surface area contributed by atoms with E-state index in [0.717, 1.165) is 5.56 Å². The van der Waals surface area contributed by atoms with Gasteiger partial charge in [-0.05, 0) is 54.7 Å². The van der Waals surface area contributed by atoms with Gasteiger partial charge >= 0.3 is 5.97 Å². The Morgan fingerprint density at radius 1 is 1.11 bits per heavy atom. The summed E-state index contributed by atoms with van der Waals surface area (Å²) in [6, 6.07) is 10.3. The molecule has 1 spiro atoms. The highest BCUT2D eigenvalue weighted by Crippen LogP contribution is 2.57. The smallest absolute Gasteiger partial charge is 0.339 e. The zero-order valence-electron chi connectivity index (χ0n) is 20.3. The predicted octanol–water partition coefficient (Wildman–Crippen LogP) is 5.00. The van der Waals surface area contributed by atoms with Gasteiger partial charge in [-0.2, -0.15) is 0 Å². The van der Waals surface area contributed by atoms with Gasteiger partial charge in [0.05, 0.1) is 7.11 Å². The molecule has 2 aromatic carbocycles. The molecule has 0 bridgehead atoms. The summed E-state index contributed by atoms with van der Waals surface area (Å²) in [4.78, 5) is 43.0. The molecule has 186 valence electrons. The minimum absolute atomic E-state index is 0.00556. The molecular weight excluding hydrogens is 501 g/mol. The summed E-state index contributed by atoms with van der Waals surface area (Å²) in [5.41, 5.74) is 7.45. The van der Waals surface area contributed by atoms with Crippen LogP contribution in [-0.4, -0.2) is 24.8 Å². The summed E-state index contributed by atoms with van der Waals surface area (Å²) in [6.07, 6.45) is 0.618. The van der Waals surface area contributed by atoms with Crippen molar-refractivity contribution in [2.24, 2.45) is 11.1 Å². The van der Waals surface area contributed by atoms with Crippen LogP contribution in [0, 0.1) is 12.3 Å². The average molecular weight is 526 g/mol. The number of aryl methyl sites for hydroxylation is 1. The molecule has 1 unspecified atom stereocenters. The zero-order valence-corrected chi connectivity index (χ0v) is 21.8. The number of benzene rings is 2. The van der Waals surface area contributed by atoms with Crippen LogP contribution in [0.5, 0.6) is 0 Å². The number of amides is 1. The number of carbonyl (C=O) groups is 3. The van der Waals surface area contributed by atoms with Gasteiger partial charge in [0.15, 0.2) is 5.78 Å². The molecule has 1 aliphatic carbocycles. The van der Waals surface area contributed by atoms with Crippen molar-refractivity contribution in [3.05, 3.63) is 80.2 Å². The summed E-state index contributed by atoms with van der Waals surface area (Å²) in [6.45, 7) is 5.84. The highest BCUT2D eigenvalue weighted by Gasteiger charge is 2.63. The van der Waals surface area contributed by atoms with E-state index < -0.39 is 22.7 Å². The summed E-state index contributed by atoms with van der Waals surface area (Å²) in [5.74, 6) is -1.62. The Labute approximate surface area is 218 Å². The summed E-state index contributed by atoms with van der Waals surface area (Å²) in [5, 5.41) is 3.69. The molecule has 2 aromatic rings. The Kier molecular flexibility index (Phi) is 5.50. The molecule has 0 fully saturated rings. The number of methoxy groups -OCH3 is 1. The highest BCUT2D eigenvalue weighted by atomic mass is 35.5. The Hall–Kier alpha value is -3.29. The number of ether oxygens (including phenoxy) is 1. The quantitative estimate of drug-likeness (QED) is 0.535. The van der Waals surface area contributed by atoms with Crippen LogP contribution in [0.4, 0.5) is 11.4 Å². The van der Waals surface area contributed by atoms with Gasteiger partial charge in [-0.1, -0.05) is 43.1 Å². The fourth-order valence-corrected chi connectivity index (χ4v) is 5.97. The standard InChI is InChI=1S/C27H25Cl2N3O4/c1-13-5-7-15(10-17(13)29)32-19-11-26(2,3)12-20(33)21(19)27(22(23(32)30)24(34)36-4)16-9-14(28)6-8-18(16)31-25(27)35/h5-10H,11-12,30H2,1-4H3,(H,31,35). The highest BCUT2D eigenvalue weighted by molar-refractivity contribution is 6.32. The lowest BCUT2D eigenvalue weighted by atomic mass is 9.60. The molecule has 0 saturated heterocycles. The first-order valence-electron chi connectivity index (χ1n) is 11.5. The number of Topliss-reactive ketones (excluding diaryl/α,β-unsaturated/α-hetero) is 1. The van der Waals surface area contributed by atoms with E-state index in [1.165, 1.54) is 7.11 Å². The van der Waals surface area contributed by atoms with Crippen molar-refractivity contribution in [3.8, 4) is 0 Å². The van der Waals surface area contributed by atoms with E-state index in [4.69, 9.17) is 33.7 Å². The van der Waals surface area contributed by atoms with Crippen molar-refractivity contribution >= 4 is 52.2 Å². The summed E-state index contributed by atoms with van der Waals surface area (Å²) < 4.78 is 5.15. The molecule has 2 aliphatic heterocycles. The van der Waals surface area contributed by atoms with Gasteiger partial charge in [-0.15, -0.1) is 0 Å². The molecule has 1 amide bonds. The molecule has 0 radical (unpaired) electrons. The van der Waals surface area contributed by atoms with E-state index in [1.807, 2.05) is 32.9 Å². The Balaban J connectivity index is 1.94. The van der Waals surface area contributed by atoms with Crippen molar-refractivity contribution in [2.75, 3.05) is 17.3 Å². The number of hydrogen-bond acceptors (Lipinski definition) is 6. The Morgan fingerprint density at radius 2 is 1.83 bits per heavy atom. The van der Waals surface area contributed by atoms with E-state index in [2.05, 4.69) is 5.32 Å². The number of esters is 1. The number of hydrogen-bond donors (Lipinski definition) is 2. The predicted molar refractivity (Wildman–Crippen MR) is 139 cm³/mol. The maximum Gasteiger partial charge on any atom is 0.339 e. The third kappa shape index (κ3) is 3.29. The number of ketones is 1. The fraction of sp³-hybridized carbons (Fsp3) is 0.296.